The van der Waals surface area contributed by atoms with Gasteiger partial charge in [-0.05, 0) is 26.3 Å². The van der Waals surface area contributed by atoms with Crippen molar-refractivity contribution < 1.29 is 4.79 Å². The zero-order chi connectivity index (χ0) is 13.0. The van der Waals surface area contributed by atoms with Gasteiger partial charge in [0.2, 0.25) is 5.91 Å². The fraction of sp³-hybridized carbons (Fsp3) is 0.692. The number of hydrogen-bond donors (Lipinski definition) is 2. The third-order valence-corrected chi connectivity index (χ3v) is 4.37. The maximum absolute atomic E-state index is 12.4. The van der Waals surface area contributed by atoms with Gasteiger partial charge < -0.3 is 10.6 Å². The molecule has 100 valence electrons. The molecule has 5 heteroatoms. The summed E-state index contributed by atoms with van der Waals surface area (Å²) in [6, 6.07) is 0. The van der Waals surface area contributed by atoms with E-state index in [4.69, 9.17) is 0 Å². The summed E-state index contributed by atoms with van der Waals surface area (Å²) in [6.07, 6.45) is 2.95. The Bertz CT molecular complexity index is 410. The Hall–Kier alpha value is -0.940. The minimum Gasteiger partial charge on any atom is -0.350 e. The first-order valence-corrected chi connectivity index (χ1v) is 7.44. The molecule has 2 N–H and O–H groups in total. The maximum Gasteiger partial charge on any atom is 0.227 e. The molecule has 1 saturated heterocycles. The zero-order valence-corrected chi connectivity index (χ0v) is 11.9. The number of amides is 1. The number of nitrogens with zero attached hydrogens (tertiary/aromatic N) is 1. The molecule has 1 aliphatic heterocycles. The Morgan fingerprint density at radius 3 is 3.06 bits per heavy atom. The first-order valence-electron chi connectivity index (χ1n) is 6.56. The molecule has 4 nitrogen and oxygen atoms in total. The van der Waals surface area contributed by atoms with Gasteiger partial charge >= 0.3 is 0 Å². The van der Waals surface area contributed by atoms with Gasteiger partial charge in [0.1, 0.15) is 0 Å². The summed E-state index contributed by atoms with van der Waals surface area (Å²) in [7, 11) is 0. The largest absolute Gasteiger partial charge is 0.350 e. The van der Waals surface area contributed by atoms with Crippen molar-refractivity contribution in [2.75, 3.05) is 13.1 Å². The van der Waals surface area contributed by atoms with Crippen LogP contribution in [0.1, 0.15) is 36.9 Å². The number of aromatic nitrogens is 1. The summed E-state index contributed by atoms with van der Waals surface area (Å²) < 4.78 is 0. The van der Waals surface area contributed by atoms with Gasteiger partial charge in [-0.2, -0.15) is 0 Å². The SMILES string of the molecule is CCCC1(C(=O)NCc2csc(C)n2)CCNC1. The van der Waals surface area contributed by atoms with Crippen LogP contribution in [0.3, 0.4) is 0 Å². The third-order valence-electron chi connectivity index (χ3n) is 3.55. The molecule has 1 aromatic rings. The molecular weight excluding hydrogens is 246 g/mol. The first-order chi connectivity index (χ1) is 8.66. The standard InChI is InChI=1S/C13H21N3OS/c1-3-4-13(5-6-14-9-13)12(17)15-7-11-8-18-10(2)16-11/h8,14H,3-7,9H2,1-2H3,(H,15,17). The molecule has 2 heterocycles. The van der Waals surface area contributed by atoms with E-state index in [0.29, 0.717) is 6.54 Å². The second kappa shape index (κ2) is 5.80. The van der Waals surface area contributed by atoms with Crippen LogP contribution >= 0.6 is 11.3 Å². The number of nitrogens with one attached hydrogen (secondary N) is 2. The number of carbonyl (C=O) groups excluding carboxylic acids is 1. The van der Waals surface area contributed by atoms with E-state index in [1.165, 1.54) is 0 Å². The molecule has 1 fully saturated rings. The molecular formula is C13H21N3OS. The lowest BCUT2D eigenvalue weighted by Crippen LogP contribution is -2.42. The lowest BCUT2D eigenvalue weighted by molar-refractivity contribution is -0.130. The number of rotatable bonds is 5. The van der Waals surface area contributed by atoms with Crippen LogP contribution in [0.5, 0.6) is 0 Å². The average Bonchev–Trinajstić information content (AvgIpc) is 2.97. The Kier molecular flexibility index (Phi) is 4.35. The Labute approximate surface area is 112 Å². The second-order valence-corrected chi connectivity index (χ2v) is 6.06. The van der Waals surface area contributed by atoms with E-state index >= 15 is 0 Å². The summed E-state index contributed by atoms with van der Waals surface area (Å²) in [5, 5.41) is 9.41. The van der Waals surface area contributed by atoms with Crippen molar-refractivity contribution in [2.24, 2.45) is 5.41 Å². The number of hydrogen-bond acceptors (Lipinski definition) is 4. The lowest BCUT2D eigenvalue weighted by Gasteiger charge is -2.26. The van der Waals surface area contributed by atoms with E-state index in [2.05, 4.69) is 22.5 Å². The second-order valence-electron chi connectivity index (χ2n) is 5.00. The van der Waals surface area contributed by atoms with Gasteiger partial charge in [-0.15, -0.1) is 11.3 Å². The molecule has 0 saturated carbocycles. The zero-order valence-electron chi connectivity index (χ0n) is 11.1. The van der Waals surface area contributed by atoms with E-state index in [0.717, 1.165) is 43.1 Å². The molecule has 1 unspecified atom stereocenters. The Balaban J connectivity index is 1.93. The molecule has 0 aliphatic carbocycles. The van der Waals surface area contributed by atoms with Crippen LogP contribution in [0.4, 0.5) is 0 Å². The first kappa shape index (κ1) is 13.5. The van der Waals surface area contributed by atoms with Crippen molar-refractivity contribution in [3.05, 3.63) is 16.1 Å². The molecule has 1 atom stereocenters. The van der Waals surface area contributed by atoms with E-state index in [9.17, 15) is 4.79 Å². The molecule has 1 amide bonds. The van der Waals surface area contributed by atoms with E-state index in [1.807, 2.05) is 12.3 Å². The van der Waals surface area contributed by atoms with Crippen molar-refractivity contribution in [3.8, 4) is 0 Å². The van der Waals surface area contributed by atoms with Crippen LogP contribution in [-0.2, 0) is 11.3 Å². The molecule has 0 radical (unpaired) electrons. The predicted molar refractivity (Wildman–Crippen MR) is 73.5 cm³/mol. The Morgan fingerprint density at radius 1 is 1.67 bits per heavy atom. The van der Waals surface area contributed by atoms with Crippen LogP contribution in [0.15, 0.2) is 5.38 Å². The highest BCUT2D eigenvalue weighted by molar-refractivity contribution is 7.09. The van der Waals surface area contributed by atoms with Crippen LogP contribution < -0.4 is 10.6 Å². The van der Waals surface area contributed by atoms with Crippen molar-refractivity contribution in [2.45, 2.75) is 39.7 Å². The average molecular weight is 267 g/mol. The van der Waals surface area contributed by atoms with E-state index in [-0.39, 0.29) is 11.3 Å². The molecule has 0 aromatic carbocycles. The number of thiazole rings is 1. The minimum atomic E-state index is -0.195. The summed E-state index contributed by atoms with van der Waals surface area (Å²) >= 11 is 1.62. The fourth-order valence-corrected chi connectivity index (χ4v) is 3.20. The molecule has 0 spiro atoms. The van der Waals surface area contributed by atoms with Crippen LogP contribution in [-0.4, -0.2) is 24.0 Å². The smallest absolute Gasteiger partial charge is 0.227 e. The Morgan fingerprint density at radius 2 is 2.50 bits per heavy atom. The minimum absolute atomic E-state index is 0.181. The highest BCUT2D eigenvalue weighted by Crippen LogP contribution is 2.31. The highest BCUT2D eigenvalue weighted by Gasteiger charge is 2.39. The molecule has 18 heavy (non-hydrogen) atoms. The van der Waals surface area contributed by atoms with E-state index < -0.39 is 0 Å². The molecule has 2 rings (SSSR count). The van der Waals surface area contributed by atoms with Crippen molar-refractivity contribution >= 4 is 17.2 Å². The van der Waals surface area contributed by atoms with Crippen molar-refractivity contribution in [1.29, 1.82) is 0 Å². The maximum atomic E-state index is 12.4. The number of aryl methyl sites for hydroxylation is 1. The van der Waals surface area contributed by atoms with Gasteiger partial charge in [-0.25, -0.2) is 4.98 Å². The highest BCUT2D eigenvalue weighted by atomic mass is 32.1. The summed E-state index contributed by atoms with van der Waals surface area (Å²) in [6.45, 7) is 6.42. The van der Waals surface area contributed by atoms with Gasteiger partial charge in [0.05, 0.1) is 22.7 Å². The fourth-order valence-electron chi connectivity index (χ4n) is 2.59. The van der Waals surface area contributed by atoms with Gasteiger partial charge in [-0.1, -0.05) is 13.3 Å². The van der Waals surface area contributed by atoms with Crippen LogP contribution in [0.2, 0.25) is 0 Å². The van der Waals surface area contributed by atoms with E-state index in [1.54, 1.807) is 11.3 Å². The molecule has 1 aliphatic rings. The summed E-state index contributed by atoms with van der Waals surface area (Å²) in [5.41, 5.74) is 0.767. The number of carbonyl (C=O) groups is 1. The van der Waals surface area contributed by atoms with Crippen LogP contribution in [0.25, 0.3) is 0 Å². The van der Waals surface area contributed by atoms with Crippen LogP contribution in [0, 0.1) is 12.3 Å². The molecule has 1 aromatic heterocycles. The monoisotopic (exact) mass is 267 g/mol. The quantitative estimate of drug-likeness (QED) is 0.856. The van der Waals surface area contributed by atoms with Gasteiger partial charge in [0, 0.05) is 11.9 Å². The molecule has 0 bridgehead atoms. The van der Waals surface area contributed by atoms with Gasteiger partial charge in [-0.3, -0.25) is 4.79 Å². The topological polar surface area (TPSA) is 54.0 Å². The van der Waals surface area contributed by atoms with Gasteiger partial charge in [0.15, 0.2) is 0 Å². The van der Waals surface area contributed by atoms with Crippen molar-refractivity contribution in [3.63, 3.8) is 0 Å². The predicted octanol–water partition coefficient (Wildman–Crippen LogP) is 1.85. The summed E-state index contributed by atoms with van der Waals surface area (Å²) in [4.78, 5) is 16.7. The lowest BCUT2D eigenvalue weighted by atomic mass is 9.81. The normalized spacial score (nSPS) is 23.2. The van der Waals surface area contributed by atoms with Gasteiger partial charge in [0.25, 0.3) is 0 Å². The van der Waals surface area contributed by atoms with Crippen molar-refractivity contribution in [1.82, 2.24) is 15.6 Å². The third kappa shape index (κ3) is 2.90. The summed E-state index contributed by atoms with van der Waals surface area (Å²) in [5.74, 6) is 0.181.